The Balaban J connectivity index is 0.00000196. The molecule has 2 heterocycles. The number of hydrogen-bond donors (Lipinski definition) is 0. The van der Waals surface area contributed by atoms with Gasteiger partial charge in [0, 0.05) is 74.9 Å². The molecule has 77 heavy (non-hydrogen) atoms. The van der Waals surface area contributed by atoms with Gasteiger partial charge in [0.05, 0.1) is 11.4 Å². The number of fused-ring (bicyclic) bond motifs is 5. The van der Waals surface area contributed by atoms with Gasteiger partial charge in [0.1, 0.15) is 0 Å². The number of benzene rings is 9. The molecule has 0 N–H and O–H groups in total. The maximum Gasteiger partial charge on any atom is 0.222 e. The molecule has 12 rings (SSSR count). The molecular formula is C67H58Cr4N2O4-4. The first kappa shape index (κ1) is 57.9. The first-order chi connectivity index (χ1) is 35.6. The van der Waals surface area contributed by atoms with Crippen LogP contribution in [0.3, 0.4) is 0 Å². The van der Waals surface area contributed by atoms with E-state index in [1.54, 1.807) is 36.4 Å². The van der Waals surface area contributed by atoms with Gasteiger partial charge in [0.25, 0.3) is 0 Å². The van der Waals surface area contributed by atoms with E-state index in [-0.39, 0.29) is 74.9 Å². The summed E-state index contributed by atoms with van der Waals surface area (Å²) in [6, 6.07) is 49.4. The normalized spacial score (nSPS) is 13.9. The van der Waals surface area contributed by atoms with Gasteiger partial charge in [-0.05, 0) is 113 Å². The Kier molecular flexibility index (Phi) is 17.7. The largest absolute Gasteiger partial charge is 0.280 e. The van der Waals surface area contributed by atoms with Crippen molar-refractivity contribution in [2.75, 3.05) is 9.80 Å². The molecule has 0 atom stereocenters. The number of imide groups is 2. The van der Waals surface area contributed by atoms with Gasteiger partial charge in [-0.2, -0.15) is 24.3 Å². The second-order valence-electron chi connectivity index (χ2n) is 21.0. The first-order valence-electron chi connectivity index (χ1n) is 26.7. The Labute approximate surface area is 495 Å². The van der Waals surface area contributed by atoms with E-state index < -0.39 is 23.6 Å². The second kappa shape index (κ2) is 23.6. The molecule has 0 fully saturated rings. The third kappa shape index (κ3) is 9.57. The molecule has 2 aliphatic heterocycles. The third-order valence-corrected chi connectivity index (χ3v) is 16.4. The first-order valence-corrected chi connectivity index (χ1v) is 26.7. The van der Waals surface area contributed by atoms with Crippen molar-refractivity contribution in [3.05, 3.63) is 178 Å². The summed E-state index contributed by atoms with van der Waals surface area (Å²) in [7, 11) is 0. The maximum atomic E-state index is 14.7. The maximum absolute atomic E-state index is 14.7. The van der Waals surface area contributed by atoms with Crippen LogP contribution in [0.2, 0.25) is 0 Å². The predicted octanol–water partition coefficient (Wildman–Crippen LogP) is 16.6. The zero-order chi connectivity index (χ0) is 50.1. The summed E-state index contributed by atoms with van der Waals surface area (Å²) in [6.45, 7) is 8.75. The Bertz CT molecular complexity index is 3600. The number of hydrogen-bond acceptors (Lipinski definition) is 4. The van der Waals surface area contributed by atoms with Crippen molar-refractivity contribution < 1.29 is 88.6 Å². The number of amides is 4. The molecule has 0 aromatic heterocycles. The van der Waals surface area contributed by atoms with Crippen LogP contribution in [-0.4, -0.2) is 23.6 Å². The van der Waals surface area contributed by atoms with E-state index >= 15 is 0 Å². The van der Waals surface area contributed by atoms with Crippen LogP contribution in [0.4, 0.5) is 11.4 Å². The fraction of sp³-hybridized carbons (Fsp3) is 0.284. The fourth-order valence-corrected chi connectivity index (χ4v) is 12.7. The average Bonchev–Trinajstić information content (AvgIpc) is 3.66. The third-order valence-electron chi connectivity index (χ3n) is 16.4. The van der Waals surface area contributed by atoms with Crippen LogP contribution in [0.15, 0.2) is 109 Å². The van der Waals surface area contributed by atoms with E-state index in [1.807, 2.05) is 43.3 Å². The van der Waals surface area contributed by atoms with E-state index in [0.29, 0.717) is 76.7 Å². The number of aryl methyl sites for hydroxylation is 2. The molecule has 9 aromatic rings. The van der Waals surface area contributed by atoms with Crippen LogP contribution < -0.4 is 9.80 Å². The number of rotatable bonds is 17. The van der Waals surface area contributed by atoms with E-state index in [4.69, 9.17) is 0 Å². The summed E-state index contributed by atoms with van der Waals surface area (Å²) in [5.74, 6) is -1.71. The fourth-order valence-electron chi connectivity index (χ4n) is 12.7. The topological polar surface area (TPSA) is 74.8 Å². The van der Waals surface area contributed by atoms with Gasteiger partial charge in [0.15, 0.2) is 0 Å². The smallest absolute Gasteiger partial charge is 0.222 e. The summed E-state index contributed by atoms with van der Waals surface area (Å²) in [5, 5.41) is 4.90. The van der Waals surface area contributed by atoms with Crippen molar-refractivity contribution in [3.8, 4) is 22.3 Å². The molecule has 3 aliphatic rings. The molecule has 388 valence electrons. The minimum Gasteiger partial charge on any atom is -0.280 e. The molecule has 0 saturated carbocycles. The second-order valence-corrected chi connectivity index (χ2v) is 21.0. The van der Waals surface area contributed by atoms with Crippen molar-refractivity contribution in [1.82, 2.24) is 0 Å². The Morgan fingerprint density at radius 1 is 0.377 bits per heavy atom. The van der Waals surface area contributed by atoms with Gasteiger partial charge in [-0.15, -0.1) is 35.0 Å². The van der Waals surface area contributed by atoms with Crippen LogP contribution in [0, 0.1) is 38.1 Å². The molecule has 0 bridgehead atoms. The molecule has 0 unspecified atom stereocenters. The SMILES string of the molecule is CCCCCCCCC1(CCCCCCCC)c2cc(C)ccc2-c2ccc(-c3ccc(N4C(=O)c5c[c-]c6c7[c-]cc8c9c(c[c-]c(c%10[c-]cc(c5c6%10)C4=O)c97)C(=O)N(c4ccc(C)cc4)C8=O)cc3)cc21.[Cr].[Cr].[Cr].[Cr]. The van der Waals surface area contributed by atoms with Gasteiger partial charge in [0.2, 0.25) is 23.6 Å². The molecule has 0 saturated heterocycles. The monoisotopic (exact) mass is 1160 g/mol. The number of carbonyl (C=O) groups excluding carboxylic acids is 4. The van der Waals surface area contributed by atoms with Crippen LogP contribution in [0.1, 0.15) is 167 Å². The van der Waals surface area contributed by atoms with Gasteiger partial charge in [-0.3, -0.25) is 29.0 Å². The quantitative estimate of drug-likeness (QED) is 0.0299. The summed E-state index contributed by atoms with van der Waals surface area (Å²) in [5.41, 5.74) is 12.5. The van der Waals surface area contributed by atoms with Gasteiger partial charge in [-0.1, -0.05) is 157 Å². The van der Waals surface area contributed by atoms with Crippen molar-refractivity contribution in [2.45, 2.75) is 123 Å². The number of unbranched alkanes of at least 4 members (excludes halogenated alkanes) is 10. The molecule has 0 spiro atoms. The Morgan fingerprint density at radius 3 is 1.16 bits per heavy atom. The zero-order valence-corrected chi connectivity index (χ0v) is 49.1. The molecular weight excluding hydrogens is 1100 g/mol. The number of nitrogens with zero attached hydrogens (tertiary/aromatic N) is 2. The minimum atomic E-state index is -0.429. The predicted molar refractivity (Wildman–Crippen MR) is 295 cm³/mol. The van der Waals surface area contributed by atoms with E-state index in [9.17, 15) is 19.2 Å². The molecule has 4 amide bonds. The summed E-state index contributed by atoms with van der Waals surface area (Å²) in [6.07, 6.45) is 17.5. The minimum absolute atomic E-state index is 0. The summed E-state index contributed by atoms with van der Waals surface area (Å²) < 4.78 is 0. The van der Waals surface area contributed by atoms with Gasteiger partial charge in [-0.25, -0.2) is 32.3 Å². The standard InChI is InChI=1S/C67H58N2O4.4Cr/c1-5-7-9-11-13-15-37-67(38-16-14-12-10-8-6-2)57-39-42(4)19-27-47(57)48-28-22-44(40-58(48)67)43-20-25-46(26-21-43)69-65(72)55-35-31-51-49-29-33-53-61-54(64(71)68(63(53)70)45-23-17-41(3)18-24-45)34-30-50(59(49)61)52-32-36-56(66(69)73)62(55)60(51)52;;;;/h17-28,33-36,39-40H,5-16,37-38H2,1-4H3;;;;/q-4;;;;. The van der Waals surface area contributed by atoms with Crippen LogP contribution in [0.25, 0.3) is 65.3 Å². The Hall–Kier alpha value is -5.31. The van der Waals surface area contributed by atoms with Crippen molar-refractivity contribution in [1.29, 1.82) is 0 Å². The molecule has 9 aromatic carbocycles. The van der Waals surface area contributed by atoms with Crippen molar-refractivity contribution in [2.24, 2.45) is 0 Å². The number of anilines is 2. The molecule has 6 nitrogen and oxygen atoms in total. The number of carbonyl (C=O) groups is 4. The van der Waals surface area contributed by atoms with E-state index in [2.05, 4.69) is 81.4 Å². The summed E-state index contributed by atoms with van der Waals surface area (Å²) in [4.78, 5) is 60.2. The van der Waals surface area contributed by atoms with Crippen molar-refractivity contribution >= 4 is 78.1 Å². The van der Waals surface area contributed by atoms with Gasteiger partial charge < -0.3 is 0 Å². The zero-order valence-electron chi connectivity index (χ0n) is 44.0. The molecule has 10 heteroatoms. The van der Waals surface area contributed by atoms with E-state index in [1.165, 1.54) is 115 Å². The summed E-state index contributed by atoms with van der Waals surface area (Å²) >= 11 is 0. The average molecular weight is 1160 g/mol. The van der Waals surface area contributed by atoms with Crippen LogP contribution in [-0.2, 0) is 74.9 Å². The van der Waals surface area contributed by atoms with Gasteiger partial charge >= 0.3 is 0 Å². The van der Waals surface area contributed by atoms with Crippen LogP contribution >= 0.6 is 0 Å². The molecule has 1 aliphatic carbocycles. The van der Waals surface area contributed by atoms with Crippen molar-refractivity contribution in [3.63, 3.8) is 0 Å². The molecule has 0 radical (unpaired) electrons. The van der Waals surface area contributed by atoms with E-state index in [0.717, 1.165) is 29.5 Å². The Morgan fingerprint density at radius 2 is 0.727 bits per heavy atom. The van der Waals surface area contributed by atoms with Crippen LogP contribution in [0.5, 0.6) is 0 Å².